The van der Waals surface area contributed by atoms with Gasteiger partial charge in [0.05, 0.1) is 16.3 Å². The van der Waals surface area contributed by atoms with Crippen LogP contribution in [-0.2, 0) is 24.8 Å². The number of hydrogen-bond acceptors (Lipinski definition) is 6. The lowest BCUT2D eigenvalue weighted by molar-refractivity contribution is -0.124. The number of carbonyl (C=O) groups excluding carboxylic acids is 1. The van der Waals surface area contributed by atoms with Gasteiger partial charge in [0, 0.05) is 25.7 Å². The minimum atomic E-state index is -3.82. The lowest BCUT2D eigenvalue weighted by atomic mass is 10.2. The number of carbonyl (C=O) groups is 1. The van der Waals surface area contributed by atoms with Gasteiger partial charge in [-0.2, -0.15) is 4.31 Å². The summed E-state index contributed by atoms with van der Waals surface area (Å²) in [6, 6.07) is 11.0. The highest BCUT2D eigenvalue weighted by Crippen LogP contribution is 2.27. The molecule has 1 N–H and O–H groups in total. The smallest absolute Gasteiger partial charge is 0.243 e. The number of sulfonamides is 2. The maximum absolute atomic E-state index is 12.9. The van der Waals surface area contributed by atoms with Crippen LogP contribution in [0.25, 0.3) is 0 Å². The molecule has 9 nitrogen and oxygen atoms in total. The molecule has 0 bridgehead atoms. The molecule has 0 radical (unpaired) electrons. The second-order valence-corrected chi connectivity index (χ2v) is 12.1. The maximum Gasteiger partial charge on any atom is 0.243 e. The van der Waals surface area contributed by atoms with Crippen LogP contribution in [0.5, 0.6) is 5.75 Å². The van der Waals surface area contributed by atoms with Gasteiger partial charge in [-0.15, -0.1) is 0 Å². The zero-order valence-corrected chi connectivity index (χ0v) is 20.7. The van der Waals surface area contributed by atoms with E-state index in [0.29, 0.717) is 23.6 Å². The number of ether oxygens (including phenoxy) is 1. The van der Waals surface area contributed by atoms with Crippen LogP contribution in [0.4, 0.5) is 0 Å². The molecule has 0 aromatic heterocycles. The number of benzene rings is 2. The lowest BCUT2D eigenvalue weighted by Crippen LogP contribution is -2.46. The first-order valence-electron chi connectivity index (χ1n) is 10.2. The Morgan fingerprint density at radius 2 is 1.67 bits per heavy atom. The summed E-state index contributed by atoms with van der Waals surface area (Å²) in [5.74, 6) is 0.0656. The van der Waals surface area contributed by atoms with Gasteiger partial charge in [0.25, 0.3) is 0 Å². The van der Waals surface area contributed by atoms with Crippen LogP contribution in [-0.4, -0.2) is 71.2 Å². The van der Waals surface area contributed by atoms with Gasteiger partial charge < -0.3 is 10.1 Å². The molecule has 1 saturated heterocycles. The predicted molar refractivity (Wildman–Crippen MR) is 124 cm³/mol. The highest BCUT2D eigenvalue weighted by atomic mass is 35.5. The lowest BCUT2D eigenvalue weighted by Gasteiger charge is -2.23. The Hall–Kier alpha value is -2.18. The van der Waals surface area contributed by atoms with Crippen molar-refractivity contribution in [1.82, 2.24) is 13.9 Å². The van der Waals surface area contributed by atoms with E-state index in [1.54, 1.807) is 0 Å². The third-order valence-electron chi connectivity index (χ3n) is 5.20. The number of nitrogens with one attached hydrogen (secondary N) is 1. The van der Waals surface area contributed by atoms with Crippen molar-refractivity contribution in [2.24, 2.45) is 0 Å². The Bertz CT molecular complexity index is 1180. The molecule has 1 fully saturated rings. The Balaban J connectivity index is 1.54. The highest BCUT2D eigenvalue weighted by Gasteiger charge is 2.39. The molecule has 0 spiro atoms. The first-order valence-corrected chi connectivity index (χ1v) is 13.5. The Kier molecular flexibility index (Phi) is 8.01. The van der Waals surface area contributed by atoms with E-state index in [2.05, 4.69) is 5.32 Å². The largest absolute Gasteiger partial charge is 0.492 e. The summed E-state index contributed by atoms with van der Waals surface area (Å²) in [7, 11) is -4.43. The molecule has 0 saturated carbocycles. The summed E-state index contributed by atoms with van der Waals surface area (Å²) >= 11 is 5.84. The molecule has 3 rings (SSSR count). The Morgan fingerprint density at radius 3 is 2.27 bits per heavy atom. The highest BCUT2D eigenvalue weighted by molar-refractivity contribution is 7.89. The first kappa shape index (κ1) is 25.4. The summed E-state index contributed by atoms with van der Waals surface area (Å²) < 4.78 is 58.0. The second-order valence-electron chi connectivity index (χ2n) is 7.63. The van der Waals surface area contributed by atoms with Gasteiger partial charge in [-0.3, -0.25) is 4.79 Å². The van der Waals surface area contributed by atoms with Crippen molar-refractivity contribution >= 4 is 37.6 Å². The van der Waals surface area contributed by atoms with Crippen LogP contribution in [0.3, 0.4) is 0 Å². The van der Waals surface area contributed by atoms with E-state index in [0.717, 1.165) is 4.31 Å². The maximum atomic E-state index is 12.9. The Labute approximate surface area is 199 Å². The molecule has 1 aliphatic heterocycles. The number of nitrogens with zero attached hydrogens (tertiary/aromatic N) is 2. The van der Waals surface area contributed by atoms with E-state index >= 15 is 0 Å². The van der Waals surface area contributed by atoms with E-state index in [1.165, 1.54) is 66.9 Å². The number of hydrogen-bond donors (Lipinski definition) is 1. The van der Waals surface area contributed by atoms with E-state index in [1.807, 2.05) is 0 Å². The molecular weight excluding hydrogens is 490 g/mol. The number of amides is 1. The monoisotopic (exact) mass is 515 g/mol. The van der Waals surface area contributed by atoms with Gasteiger partial charge in [0.2, 0.25) is 26.0 Å². The van der Waals surface area contributed by atoms with Crippen LogP contribution in [0.2, 0.25) is 5.02 Å². The van der Waals surface area contributed by atoms with Gasteiger partial charge in [0.15, 0.2) is 0 Å². The molecule has 33 heavy (non-hydrogen) atoms. The van der Waals surface area contributed by atoms with E-state index < -0.39 is 26.1 Å². The molecule has 12 heteroatoms. The summed E-state index contributed by atoms with van der Waals surface area (Å²) in [6.07, 6.45) is 1.02. The molecule has 1 aliphatic rings. The van der Waals surface area contributed by atoms with E-state index in [9.17, 15) is 21.6 Å². The number of rotatable bonds is 9. The average molecular weight is 516 g/mol. The summed E-state index contributed by atoms with van der Waals surface area (Å²) in [4.78, 5) is 12.9. The van der Waals surface area contributed by atoms with Crippen LogP contribution >= 0.6 is 11.6 Å². The molecule has 2 aromatic rings. The van der Waals surface area contributed by atoms with Crippen molar-refractivity contribution in [2.75, 3.05) is 33.8 Å². The normalized spacial score (nSPS) is 17.3. The Morgan fingerprint density at radius 1 is 1.06 bits per heavy atom. The standard InChI is InChI=1S/C21H26ClN3O6S2/c1-24(2)32(27,28)18-11-7-17(8-12-18)31-15-13-23-21(26)20-4-3-14-25(20)33(29,30)19-9-5-16(22)6-10-19/h5-12,20H,3-4,13-15H2,1-2H3,(H,23,26)/t20-/m0/s1. The van der Waals surface area contributed by atoms with Gasteiger partial charge in [0.1, 0.15) is 18.4 Å². The van der Waals surface area contributed by atoms with Crippen molar-refractivity contribution in [3.8, 4) is 5.75 Å². The second kappa shape index (κ2) is 10.4. The molecule has 1 heterocycles. The molecule has 1 amide bonds. The minimum Gasteiger partial charge on any atom is -0.492 e. The fourth-order valence-corrected chi connectivity index (χ4v) is 6.10. The van der Waals surface area contributed by atoms with Gasteiger partial charge in [-0.25, -0.2) is 21.1 Å². The van der Waals surface area contributed by atoms with Crippen molar-refractivity contribution in [2.45, 2.75) is 28.7 Å². The zero-order valence-electron chi connectivity index (χ0n) is 18.3. The fourth-order valence-electron chi connectivity index (χ4n) is 3.41. The third-order valence-corrected chi connectivity index (χ3v) is 9.20. The summed E-state index contributed by atoms with van der Waals surface area (Å²) in [5.41, 5.74) is 0. The topological polar surface area (TPSA) is 113 Å². The van der Waals surface area contributed by atoms with Crippen molar-refractivity contribution in [3.05, 3.63) is 53.6 Å². The number of halogens is 1. The molecule has 0 unspecified atom stereocenters. The third kappa shape index (κ3) is 5.85. The average Bonchev–Trinajstić information content (AvgIpc) is 3.28. The van der Waals surface area contributed by atoms with Crippen molar-refractivity contribution < 1.29 is 26.4 Å². The predicted octanol–water partition coefficient (Wildman–Crippen LogP) is 1.94. The minimum absolute atomic E-state index is 0.0923. The molecular formula is C21H26ClN3O6S2. The van der Waals surface area contributed by atoms with E-state index in [4.69, 9.17) is 16.3 Å². The molecule has 1 atom stereocenters. The van der Waals surface area contributed by atoms with Gasteiger partial charge >= 0.3 is 0 Å². The van der Waals surface area contributed by atoms with Crippen molar-refractivity contribution in [1.29, 1.82) is 0 Å². The van der Waals surface area contributed by atoms with Gasteiger partial charge in [-0.05, 0) is 61.4 Å². The molecule has 2 aromatic carbocycles. The summed E-state index contributed by atoms with van der Waals surface area (Å²) in [6.45, 7) is 0.575. The van der Waals surface area contributed by atoms with Crippen LogP contribution in [0.1, 0.15) is 12.8 Å². The van der Waals surface area contributed by atoms with Crippen molar-refractivity contribution in [3.63, 3.8) is 0 Å². The zero-order chi connectivity index (χ0) is 24.2. The van der Waals surface area contributed by atoms with E-state index in [-0.39, 0.29) is 35.4 Å². The quantitative estimate of drug-likeness (QED) is 0.511. The fraction of sp³-hybridized carbons (Fsp3) is 0.381. The molecule has 180 valence electrons. The van der Waals surface area contributed by atoms with Gasteiger partial charge in [-0.1, -0.05) is 11.6 Å². The SMILES string of the molecule is CN(C)S(=O)(=O)c1ccc(OCCNC(=O)[C@@H]2CCCN2S(=O)(=O)c2ccc(Cl)cc2)cc1. The van der Waals surface area contributed by atoms with Crippen LogP contribution in [0, 0.1) is 0 Å². The first-order chi connectivity index (χ1) is 15.5. The summed E-state index contributed by atoms with van der Waals surface area (Å²) in [5, 5.41) is 3.14. The molecule has 0 aliphatic carbocycles. The van der Waals surface area contributed by atoms with Crippen LogP contribution in [0.15, 0.2) is 58.3 Å². The van der Waals surface area contributed by atoms with Crippen LogP contribution < -0.4 is 10.1 Å².